The van der Waals surface area contributed by atoms with E-state index in [1.807, 2.05) is 6.92 Å². The number of ketones is 2. The predicted octanol–water partition coefficient (Wildman–Crippen LogP) is 3.10. The summed E-state index contributed by atoms with van der Waals surface area (Å²) >= 11 is 0. The number of ether oxygens (including phenoxy) is 1. The normalized spacial score (nSPS) is 19.8. The smallest absolute Gasteiger partial charge is 0.243 e. The lowest BCUT2D eigenvalue weighted by Gasteiger charge is -2.16. The van der Waals surface area contributed by atoms with Crippen LogP contribution in [0.5, 0.6) is 5.75 Å². The average molecular weight is 416 g/mol. The number of Topliss-reactive ketones (excluding diaryl/α,β-unsaturated/α-hetero) is 2. The fourth-order valence-electron chi connectivity index (χ4n) is 3.73. The van der Waals surface area contributed by atoms with Crippen molar-refractivity contribution >= 4 is 21.6 Å². The van der Waals surface area contributed by atoms with Crippen LogP contribution in [0, 0.1) is 18.8 Å². The van der Waals surface area contributed by atoms with Gasteiger partial charge in [-0.05, 0) is 56.2 Å². The molecule has 29 heavy (non-hydrogen) atoms. The molecule has 1 aliphatic heterocycles. The quantitative estimate of drug-likeness (QED) is 0.649. The second-order valence-electron chi connectivity index (χ2n) is 7.50. The molecule has 0 aromatic heterocycles. The molecule has 2 unspecified atom stereocenters. The number of benzene rings is 2. The standard InChI is InChI=1S/C22H25NO5S/c1-15-4-10-20(11-5-15)29(26,27)23-13-18(12-16(2)24)21(14-23)22(25)17-6-8-19(28-3)9-7-17/h4-11,18,21H,12-14H2,1-3H3. The summed E-state index contributed by atoms with van der Waals surface area (Å²) in [5, 5.41) is 0. The zero-order chi connectivity index (χ0) is 21.2. The van der Waals surface area contributed by atoms with Crippen LogP contribution in [0.25, 0.3) is 0 Å². The number of methoxy groups -OCH3 is 1. The maximum absolute atomic E-state index is 13.1. The van der Waals surface area contributed by atoms with Crippen molar-refractivity contribution in [2.24, 2.45) is 11.8 Å². The van der Waals surface area contributed by atoms with Gasteiger partial charge in [0.05, 0.1) is 12.0 Å². The Balaban J connectivity index is 1.88. The monoisotopic (exact) mass is 415 g/mol. The summed E-state index contributed by atoms with van der Waals surface area (Å²) in [4.78, 5) is 25.1. The molecule has 0 N–H and O–H groups in total. The first kappa shape index (κ1) is 21.2. The number of nitrogens with zero attached hydrogens (tertiary/aromatic N) is 1. The molecule has 1 fully saturated rings. The number of hydrogen-bond acceptors (Lipinski definition) is 5. The Morgan fingerprint density at radius 3 is 2.21 bits per heavy atom. The third-order valence-electron chi connectivity index (χ3n) is 5.33. The average Bonchev–Trinajstić information content (AvgIpc) is 3.11. The number of aryl methyl sites for hydroxylation is 1. The highest BCUT2D eigenvalue weighted by atomic mass is 32.2. The molecule has 0 amide bonds. The molecule has 7 heteroatoms. The van der Waals surface area contributed by atoms with Crippen LogP contribution in [0.3, 0.4) is 0 Å². The van der Waals surface area contributed by atoms with Crippen LogP contribution < -0.4 is 4.74 Å². The molecule has 0 spiro atoms. The van der Waals surface area contributed by atoms with Crippen LogP contribution in [-0.2, 0) is 14.8 Å². The molecule has 0 saturated carbocycles. The van der Waals surface area contributed by atoms with E-state index in [1.54, 1.807) is 55.6 Å². The van der Waals surface area contributed by atoms with Crippen molar-refractivity contribution in [2.75, 3.05) is 20.2 Å². The first-order valence-corrected chi connectivity index (χ1v) is 10.9. The van der Waals surface area contributed by atoms with E-state index in [-0.39, 0.29) is 41.9 Å². The van der Waals surface area contributed by atoms with Crippen LogP contribution in [-0.4, -0.2) is 44.5 Å². The molecule has 2 aromatic rings. The highest BCUT2D eigenvalue weighted by molar-refractivity contribution is 7.89. The molecule has 154 valence electrons. The molecule has 1 saturated heterocycles. The maximum atomic E-state index is 13.1. The van der Waals surface area contributed by atoms with Crippen molar-refractivity contribution < 1.29 is 22.7 Å². The lowest BCUT2D eigenvalue weighted by atomic mass is 9.85. The topological polar surface area (TPSA) is 80.8 Å². The zero-order valence-corrected chi connectivity index (χ0v) is 17.6. The van der Waals surface area contributed by atoms with Gasteiger partial charge in [0.2, 0.25) is 10.0 Å². The van der Waals surface area contributed by atoms with Gasteiger partial charge in [0.15, 0.2) is 5.78 Å². The zero-order valence-electron chi connectivity index (χ0n) is 16.8. The van der Waals surface area contributed by atoms with Gasteiger partial charge in [0.25, 0.3) is 0 Å². The minimum absolute atomic E-state index is 0.0582. The number of hydrogen-bond donors (Lipinski definition) is 0. The fourth-order valence-corrected chi connectivity index (χ4v) is 5.25. The highest BCUT2D eigenvalue weighted by Crippen LogP contribution is 2.33. The molecular formula is C22H25NO5S. The summed E-state index contributed by atoms with van der Waals surface area (Å²) in [5.41, 5.74) is 1.45. The lowest BCUT2D eigenvalue weighted by molar-refractivity contribution is -0.117. The molecule has 1 heterocycles. The van der Waals surface area contributed by atoms with Crippen LogP contribution in [0.15, 0.2) is 53.4 Å². The summed E-state index contributed by atoms with van der Waals surface area (Å²) < 4.78 is 32.6. The Labute approximate surface area is 171 Å². The summed E-state index contributed by atoms with van der Waals surface area (Å²) in [7, 11) is -2.19. The largest absolute Gasteiger partial charge is 0.497 e. The molecule has 2 aromatic carbocycles. The van der Waals surface area contributed by atoms with Gasteiger partial charge in [-0.1, -0.05) is 17.7 Å². The minimum atomic E-state index is -3.73. The molecule has 0 aliphatic carbocycles. The van der Waals surface area contributed by atoms with E-state index in [2.05, 4.69) is 0 Å². The Morgan fingerprint density at radius 1 is 1.03 bits per heavy atom. The lowest BCUT2D eigenvalue weighted by Crippen LogP contribution is -2.30. The molecule has 0 radical (unpaired) electrons. The van der Waals surface area contributed by atoms with E-state index in [0.717, 1.165) is 5.56 Å². The Morgan fingerprint density at radius 2 is 1.66 bits per heavy atom. The first-order valence-electron chi connectivity index (χ1n) is 9.47. The van der Waals surface area contributed by atoms with Crippen molar-refractivity contribution in [2.45, 2.75) is 25.2 Å². The number of sulfonamides is 1. The third-order valence-corrected chi connectivity index (χ3v) is 7.17. The van der Waals surface area contributed by atoms with Gasteiger partial charge in [-0.2, -0.15) is 4.31 Å². The molecule has 3 rings (SSSR count). The van der Waals surface area contributed by atoms with Gasteiger partial charge in [-0.15, -0.1) is 0 Å². The van der Waals surface area contributed by atoms with Crippen LogP contribution in [0.4, 0.5) is 0 Å². The molecule has 1 aliphatic rings. The van der Waals surface area contributed by atoms with Crippen LogP contribution >= 0.6 is 0 Å². The minimum Gasteiger partial charge on any atom is -0.497 e. The van der Waals surface area contributed by atoms with Crippen molar-refractivity contribution in [1.29, 1.82) is 0 Å². The maximum Gasteiger partial charge on any atom is 0.243 e. The number of carbonyl (C=O) groups excluding carboxylic acids is 2. The second kappa shape index (κ2) is 8.47. The molecule has 0 bridgehead atoms. The van der Waals surface area contributed by atoms with Crippen molar-refractivity contribution in [1.82, 2.24) is 4.31 Å². The number of carbonyl (C=O) groups is 2. The van der Waals surface area contributed by atoms with Gasteiger partial charge in [-0.25, -0.2) is 8.42 Å². The van der Waals surface area contributed by atoms with Gasteiger partial charge in [-0.3, -0.25) is 4.79 Å². The Hall–Kier alpha value is -2.51. The molecular weight excluding hydrogens is 390 g/mol. The summed E-state index contributed by atoms with van der Waals surface area (Å²) in [6.07, 6.45) is 0.173. The van der Waals surface area contributed by atoms with E-state index in [4.69, 9.17) is 4.74 Å². The number of rotatable bonds is 7. The predicted molar refractivity (Wildman–Crippen MR) is 110 cm³/mol. The third kappa shape index (κ3) is 4.57. The Kier molecular flexibility index (Phi) is 6.19. The van der Waals surface area contributed by atoms with Gasteiger partial charge < -0.3 is 9.53 Å². The first-order chi connectivity index (χ1) is 13.7. The van der Waals surface area contributed by atoms with E-state index < -0.39 is 15.9 Å². The van der Waals surface area contributed by atoms with Crippen molar-refractivity contribution in [3.63, 3.8) is 0 Å². The van der Waals surface area contributed by atoms with Crippen LogP contribution in [0.2, 0.25) is 0 Å². The van der Waals surface area contributed by atoms with E-state index in [9.17, 15) is 18.0 Å². The van der Waals surface area contributed by atoms with Crippen molar-refractivity contribution in [3.05, 3.63) is 59.7 Å². The van der Waals surface area contributed by atoms with Gasteiger partial charge in [0, 0.05) is 31.0 Å². The summed E-state index contributed by atoms with van der Waals surface area (Å²) in [6.45, 7) is 3.58. The van der Waals surface area contributed by atoms with Gasteiger partial charge >= 0.3 is 0 Å². The fraction of sp³-hybridized carbons (Fsp3) is 0.364. The summed E-state index contributed by atoms with van der Waals surface area (Å²) in [5.74, 6) is -0.482. The SMILES string of the molecule is COc1ccc(C(=O)C2CN(S(=O)(=O)c3ccc(C)cc3)CC2CC(C)=O)cc1. The van der Waals surface area contributed by atoms with Gasteiger partial charge in [0.1, 0.15) is 11.5 Å². The van der Waals surface area contributed by atoms with E-state index >= 15 is 0 Å². The van der Waals surface area contributed by atoms with Crippen LogP contribution in [0.1, 0.15) is 29.3 Å². The highest BCUT2D eigenvalue weighted by Gasteiger charge is 2.43. The van der Waals surface area contributed by atoms with Crippen molar-refractivity contribution in [3.8, 4) is 5.75 Å². The van der Waals surface area contributed by atoms with E-state index in [0.29, 0.717) is 11.3 Å². The summed E-state index contributed by atoms with van der Waals surface area (Å²) in [6, 6.07) is 13.4. The van der Waals surface area contributed by atoms with E-state index in [1.165, 1.54) is 11.2 Å². The second-order valence-corrected chi connectivity index (χ2v) is 9.44. The molecule has 6 nitrogen and oxygen atoms in total. The Bertz CT molecular complexity index is 997. The molecule has 2 atom stereocenters.